The summed E-state index contributed by atoms with van der Waals surface area (Å²) in [7, 11) is -1.37. The third-order valence-corrected chi connectivity index (χ3v) is 20.8. The van der Waals surface area contributed by atoms with Crippen molar-refractivity contribution >= 4 is 21.8 Å². The zero-order valence-corrected chi connectivity index (χ0v) is 42.0. The first-order chi connectivity index (χ1) is 29.5. The van der Waals surface area contributed by atoms with Crippen molar-refractivity contribution in [1.29, 1.82) is 0 Å². The van der Waals surface area contributed by atoms with Gasteiger partial charge in [0, 0.05) is 43.7 Å². The van der Waals surface area contributed by atoms with Crippen LogP contribution in [0.5, 0.6) is 0 Å². The molecular formula is C50H88N2O10S. The minimum absolute atomic E-state index is 0.0360. The second-order valence-corrected chi connectivity index (χ2v) is 25.7. The molecule has 0 unspecified atom stereocenters. The molecule has 0 aromatic rings. The number of nitrogens with zero attached hydrogens (tertiary/aromatic N) is 1. The zero-order valence-electron chi connectivity index (χ0n) is 41.2. The molecule has 13 heteroatoms. The predicted molar refractivity (Wildman–Crippen MR) is 246 cm³/mol. The van der Waals surface area contributed by atoms with Crippen molar-refractivity contribution in [3.05, 3.63) is 0 Å². The first-order valence-electron chi connectivity index (χ1n) is 24.9. The molecule has 2 N–H and O–H groups in total. The lowest BCUT2D eigenvalue weighted by Gasteiger charge is -2.73. The van der Waals surface area contributed by atoms with Crippen LogP contribution in [-0.2, 0) is 43.1 Å². The van der Waals surface area contributed by atoms with Gasteiger partial charge in [0.05, 0.1) is 69.1 Å². The van der Waals surface area contributed by atoms with Crippen molar-refractivity contribution in [3.8, 4) is 0 Å². The summed E-state index contributed by atoms with van der Waals surface area (Å²) in [5.41, 5.74) is -0.827. The molecule has 5 saturated carbocycles. The average Bonchev–Trinajstić information content (AvgIpc) is 3.59. The number of methoxy groups -OCH3 is 1. The monoisotopic (exact) mass is 909 g/mol. The number of ether oxygens (including phenoxy) is 5. The molecular weight excluding hydrogens is 821 g/mol. The lowest BCUT2D eigenvalue weighted by Crippen LogP contribution is -2.69. The Hall–Kier alpha value is -1.35. The highest BCUT2D eigenvalue weighted by molar-refractivity contribution is 7.91. The van der Waals surface area contributed by atoms with Gasteiger partial charge in [-0.05, 0) is 137 Å². The molecule has 1 aliphatic heterocycles. The SMILES string of the molecule is COCCOCCOCCO[C@H](C)[C@@H](CN[C@]12CC[C@@H](C(C)C)[C@@H]1[C@H]1CC[C@@H]3[C@@]4(C)CC[C@H](OC(=O)CC(C)(C)C(=O)O)C(C)(C)[C@@H]4CC[C@@]3(C)[C@]1(C)CC2)N1CCS(=O)(=O)CC1. The molecule has 6 rings (SSSR count). The summed E-state index contributed by atoms with van der Waals surface area (Å²) in [5, 5.41) is 14.0. The van der Waals surface area contributed by atoms with E-state index in [1.165, 1.54) is 38.5 Å². The first kappa shape index (κ1) is 51.0. The van der Waals surface area contributed by atoms with Gasteiger partial charge in [-0.15, -0.1) is 0 Å². The third-order valence-electron chi connectivity index (χ3n) is 19.2. The maximum atomic E-state index is 13.2. The summed E-state index contributed by atoms with van der Waals surface area (Å²) in [6, 6.07) is 0.0456. The maximum absolute atomic E-state index is 13.2. The third kappa shape index (κ3) is 10.1. The van der Waals surface area contributed by atoms with Crippen LogP contribution in [0, 0.1) is 62.6 Å². The van der Waals surface area contributed by atoms with E-state index >= 15 is 0 Å². The Labute approximate surface area is 381 Å². The fourth-order valence-electron chi connectivity index (χ4n) is 15.3. The quantitative estimate of drug-likeness (QED) is 0.0913. The van der Waals surface area contributed by atoms with Gasteiger partial charge in [0.15, 0.2) is 9.84 Å². The number of hydrogen-bond donors (Lipinski definition) is 2. The van der Waals surface area contributed by atoms with Crippen molar-refractivity contribution in [2.24, 2.45) is 62.6 Å². The lowest BCUT2D eigenvalue weighted by atomic mass is 9.32. The summed E-state index contributed by atoms with van der Waals surface area (Å²) in [5.74, 6) is 2.43. The Bertz CT molecular complexity index is 1680. The number of carbonyl (C=O) groups is 2. The van der Waals surface area contributed by atoms with Crippen LogP contribution >= 0.6 is 0 Å². The van der Waals surface area contributed by atoms with Gasteiger partial charge < -0.3 is 34.1 Å². The number of hydrogen-bond acceptors (Lipinski definition) is 11. The van der Waals surface area contributed by atoms with E-state index in [1.54, 1.807) is 21.0 Å². The Morgan fingerprint density at radius 3 is 2.08 bits per heavy atom. The van der Waals surface area contributed by atoms with Crippen molar-refractivity contribution in [2.45, 2.75) is 164 Å². The molecule has 12 nitrogen and oxygen atoms in total. The minimum Gasteiger partial charge on any atom is -0.481 e. The summed E-state index contributed by atoms with van der Waals surface area (Å²) >= 11 is 0. The van der Waals surface area contributed by atoms with Crippen LogP contribution in [0.15, 0.2) is 0 Å². The second-order valence-electron chi connectivity index (χ2n) is 23.4. The molecule has 0 amide bonds. The molecule has 6 aliphatic rings. The van der Waals surface area contributed by atoms with E-state index in [0.717, 1.165) is 32.2 Å². The predicted octanol–water partition coefficient (Wildman–Crippen LogP) is 7.66. The molecule has 63 heavy (non-hydrogen) atoms. The van der Waals surface area contributed by atoms with Crippen molar-refractivity contribution in [1.82, 2.24) is 10.2 Å². The van der Waals surface area contributed by atoms with Crippen molar-refractivity contribution in [3.63, 3.8) is 0 Å². The lowest BCUT2D eigenvalue weighted by molar-refractivity contribution is -0.247. The van der Waals surface area contributed by atoms with Gasteiger partial charge in [0.2, 0.25) is 0 Å². The summed E-state index contributed by atoms with van der Waals surface area (Å²) in [4.78, 5) is 27.4. The highest BCUT2D eigenvalue weighted by Gasteiger charge is 2.71. The molecule has 1 heterocycles. The van der Waals surface area contributed by atoms with Crippen LogP contribution in [-0.4, -0.2) is 132 Å². The first-order valence-corrected chi connectivity index (χ1v) is 26.7. The van der Waals surface area contributed by atoms with E-state index in [4.69, 9.17) is 23.7 Å². The van der Waals surface area contributed by atoms with Crippen LogP contribution < -0.4 is 5.32 Å². The number of carbonyl (C=O) groups excluding carboxylic acids is 1. The van der Waals surface area contributed by atoms with Crippen LogP contribution in [0.3, 0.4) is 0 Å². The fraction of sp³-hybridized carbons (Fsp3) is 0.960. The summed E-state index contributed by atoms with van der Waals surface area (Å²) < 4.78 is 54.3. The van der Waals surface area contributed by atoms with E-state index < -0.39 is 27.2 Å². The Balaban J connectivity index is 1.17. The smallest absolute Gasteiger partial charge is 0.309 e. The molecule has 0 aromatic carbocycles. The molecule has 0 bridgehead atoms. The van der Waals surface area contributed by atoms with Gasteiger partial charge in [0.25, 0.3) is 0 Å². The van der Waals surface area contributed by atoms with Gasteiger partial charge in [-0.1, -0.05) is 48.5 Å². The number of sulfone groups is 1. The second kappa shape index (κ2) is 19.7. The highest BCUT2D eigenvalue weighted by Crippen LogP contribution is 2.76. The van der Waals surface area contributed by atoms with Gasteiger partial charge in [-0.3, -0.25) is 14.5 Å². The Morgan fingerprint density at radius 1 is 0.794 bits per heavy atom. The normalized spacial score (nSPS) is 38.5. The van der Waals surface area contributed by atoms with E-state index in [2.05, 4.69) is 65.6 Å². The molecule has 1 saturated heterocycles. The maximum Gasteiger partial charge on any atom is 0.309 e. The van der Waals surface area contributed by atoms with Crippen molar-refractivity contribution < 1.29 is 46.8 Å². The van der Waals surface area contributed by atoms with E-state index in [-0.39, 0.29) is 63.4 Å². The minimum atomic E-state index is -3.03. The Kier molecular flexibility index (Phi) is 16.0. The van der Waals surface area contributed by atoms with Gasteiger partial charge in [-0.25, -0.2) is 8.42 Å². The number of esters is 1. The highest BCUT2D eigenvalue weighted by atomic mass is 32.2. The average molecular weight is 909 g/mol. The number of aliphatic carboxylic acids is 1. The summed E-state index contributed by atoms with van der Waals surface area (Å²) in [6.07, 6.45) is 11.0. The van der Waals surface area contributed by atoms with Gasteiger partial charge >= 0.3 is 11.9 Å². The zero-order chi connectivity index (χ0) is 46.2. The molecule has 5 aliphatic carbocycles. The summed E-state index contributed by atoms with van der Waals surface area (Å²) in [6.45, 7) is 27.7. The van der Waals surface area contributed by atoms with Crippen molar-refractivity contribution in [2.75, 3.05) is 77.9 Å². The number of carboxylic acid groups (broad SMARTS) is 1. The van der Waals surface area contributed by atoms with Crippen LogP contribution in [0.25, 0.3) is 0 Å². The van der Waals surface area contributed by atoms with Gasteiger partial charge in [-0.2, -0.15) is 0 Å². The number of nitrogens with one attached hydrogen (secondary N) is 1. The Morgan fingerprint density at radius 2 is 1.44 bits per heavy atom. The number of rotatable bonds is 20. The van der Waals surface area contributed by atoms with Gasteiger partial charge in [0.1, 0.15) is 6.10 Å². The number of fused-ring (bicyclic) bond motifs is 7. The van der Waals surface area contributed by atoms with Crippen LogP contribution in [0.2, 0.25) is 0 Å². The van der Waals surface area contributed by atoms with Crippen LogP contribution in [0.1, 0.15) is 140 Å². The molecule has 0 radical (unpaired) electrons. The van der Waals surface area contributed by atoms with Crippen LogP contribution in [0.4, 0.5) is 0 Å². The van der Waals surface area contributed by atoms with E-state index in [1.807, 2.05) is 0 Å². The molecule has 0 spiro atoms. The fourth-order valence-corrected chi connectivity index (χ4v) is 16.6. The molecule has 6 fully saturated rings. The van der Waals surface area contributed by atoms with E-state index in [9.17, 15) is 23.1 Å². The standard InChI is InChI=1S/C50H88N2O10S/c1-34(2)36-14-19-50(51-33-38(52-22-30-63(56,57)31-23-52)35(3)61-29-28-60-27-26-59-25-24-58-11)21-20-48(9)37(43(36)50)12-13-40-47(8)17-16-41(62-42(53)32-45(4,5)44(54)55)46(6,7)39(47)15-18-49(40,48)10/h34-41,43,51H,12-33H2,1-11H3,(H,54,55)/t35-,36+,37-,38-,39+,40-,41+,43-,47+,48-,49-,50+/m1/s1. The molecule has 0 aromatic heterocycles. The van der Waals surface area contributed by atoms with E-state index in [0.29, 0.717) is 88.2 Å². The molecule has 12 atom stereocenters. The topological polar surface area (TPSA) is 150 Å². The molecule has 364 valence electrons. The number of carboxylic acids is 1. The largest absolute Gasteiger partial charge is 0.481 e.